The van der Waals surface area contributed by atoms with E-state index >= 15 is 0 Å². The van der Waals surface area contributed by atoms with Crippen molar-refractivity contribution in [1.29, 1.82) is 0 Å². The summed E-state index contributed by atoms with van der Waals surface area (Å²) in [6.45, 7) is 0.609. The third-order valence-corrected chi connectivity index (χ3v) is 6.57. The Morgan fingerprint density at radius 1 is 1.00 bits per heavy atom. The zero-order valence-electron chi connectivity index (χ0n) is 18.7. The van der Waals surface area contributed by atoms with E-state index < -0.39 is 0 Å². The molecule has 0 spiro atoms. The number of rotatable bonds is 6. The predicted octanol–water partition coefficient (Wildman–Crippen LogP) is 5.80. The fraction of sp³-hybridized carbons (Fsp3) is 0.375. The van der Waals surface area contributed by atoms with E-state index in [9.17, 15) is 4.79 Å². The molecule has 1 aliphatic rings. The van der Waals surface area contributed by atoms with E-state index in [1.54, 1.807) is 18.2 Å². The molecule has 0 saturated heterocycles. The van der Waals surface area contributed by atoms with Gasteiger partial charge < -0.3 is 20.9 Å². The molecular weight excluding hydrogens is 459 g/mol. The van der Waals surface area contributed by atoms with Gasteiger partial charge in [-0.1, -0.05) is 41.4 Å². The SMILES string of the molecule is CN(C)c1nc(N[C@H]2CC[C@@H](CNC(=O)Nc3c(Cl)cccc3Cl)CC2)nc2ccccc12. The number of urea groups is 1. The van der Waals surface area contributed by atoms with Gasteiger partial charge in [0.25, 0.3) is 0 Å². The lowest BCUT2D eigenvalue weighted by Gasteiger charge is -2.29. The summed E-state index contributed by atoms with van der Waals surface area (Å²) >= 11 is 12.2. The van der Waals surface area contributed by atoms with Gasteiger partial charge in [-0.25, -0.2) is 9.78 Å². The van der Waals surface area contributed by atoms with Crippen molar-refractivity contribution in [3.8, 4) is 0 Å². The first kappa shape index (κ1) is 23.4. The van der Waals surface area contributed by atoms with Gasteiger partial charge >= 0.3 is 6.03 Å². The van der Waals surface area contributed by atoms with Crippen molar-refractivity contribution in [2.45, 2.75) is 31.7 Å². The number of halogens is 2. The third-order valence-electron chi connectivity index (χ3n) is 5.94. The van der Waals surface area contributed by atoms with Crippen LogP contribution in [0.4, 0.5) is 22.2 Å². The van der Waals surface area contributed by atoms with E-state index in [-0.39, 0.29) is 6.03 Å². The van der Waals surface area contributed by atoms with E-state index in [0.29, 0.717) is 40.2 Å². The smallest absolute Gasteiger partial charge is 0.319 e. The van der Waals surface area contributed by atoms with E-state index in [4.69, 9.17) is 33.2 Å². The number of anilines is 3. The highest BCUT2D eigenvalue weighted by Crippen LogP contribution is 2.30. The summed E-state index contributed by atoms with van der Waals surface area (Å²) in [5, 5.41) is 11.1. The Hall–Kier alpha value is -2.77. The second kappa shape index (κ2) is 10.4. The minimum Gasteiger partial charge on any atom is -0.362 e. The van der Waals surface area contributed by atoms with Crippen molar-refractivity contribution in [2.75, 3.05) is 36.2 Å². The minimum absolute atomic E-state index is 0.300. The predicted molar refractivity (Wildman–Crippen MR) is 137 cm³/mol. The number of aromatic nitrogens is 2. The molecule has 0 bridgehead atoms. The summed E-state index contributed by atoms with van der Waals surface area (Å²) in [7, 11) is 3.99. The Morgan fingerprint density at radius 2 is 1.70 bits per heavy atom. The number of carbonyl (C=O) groups excluding carboxylic acids is 1. The Kier molecular flexibility index (Phi) is 7.40. The topological polar surface area (TPSA) is 82.2 Å². The molecule has 2 aromatic carbocycles. The Bertz CT molecular complexity index is 1110. The van der Waals surface area contributed by atoms with Crippen LogP contribution in [0.5, 0.6) is 0 Å². The van der Waals surface area contributed by atoms with Crippen LogP contribution in [0.3, 0.4) is 0 Å². The maximum absolute atomic E-state index is 12.3. The number of hydrogen-bond acceptors (Lipinski definition) is 5. The molecule has 9 heteroatoms. The van der Waals surface area contributed by atoms with Crippen molar-refractivity contribution < 1.29 is 4.79 Å². The van der Waals surface area contributed by atoms with Crippen LogP contribution in [0, 0.1) is 5.92 Å². The van der Waals surface area contributed by atoms with Gasteiger partial charge in [-0.15, -0.1) is 0 Å². The van der Waals surface area contributed by atoms with Crippen LogP contribution in [-0.4, -0.2) is 42.7 Å². The number of fused-ring (bicyclic) bond motifs is 1. The monoisotopic (exact) mass is 486 g/mol. The highest BCUT2D eigenvalue weighted by Gasteiger charge is 2.23. The second-order valence-electron chi connectivity index (χ2n) is 8.58. The molecule has 0 aliphatic heterocycles. The maximum atomic E-state index is 12.3. The van der Waals surface area contributed by atoms with Crippen LogP contribution in [0.1, 0.15) is 25.7 Å². The Morgan fingerprint density at radius 3 is 2.39 bits per heavy atom. The van der Waals surface area contributed by atoms with Crippen LogP contribution in [0.2, 0.25) is 10.0 Å². The van der Waals surface area contributed by atoms with Gasteiger partial charge in [-0.05, 0) is 55.9 Å². The average molecular weight is 487 g/mol. The molecule has 1 saturated carbocycles. The summed E-state index contributed by atoms with van der Waals surface area (Å²) in [5.74, 6) is 1.99. The van der Waals surface area contributed by atoms with E-state index in [2.05, 4.69) is 16.0 Å². The van der Waals surface area contributed by atoms with Crippen LogP contribution < -0.4 is 20.9 Å². The molecule has 3 aromatic rings. The molecular formula is C24H28Cl2N6O. The van der Waals surface area contributed by atoms with Crippen molar-refractivity contribution in [1.82, 2.24) is 15.3 Å². The Balaban J connectivity index is 1.28. The number of nitrogens with zero attached hydrogens (tertiary/aromatic N) is 3. The van der Waals surface area contributed by atoms with Gasteiger partial charge in [-0.2, -0.15) is 4.98 Å². The summed E-state index contributed by atoms with van der Waals surface area (Å²) < 4.78 is 0. The quantitative estimate of drug-likeness (QED) is 0.410. The molecule has 0 radical (unpaired) electrons. The first-order valence-electron chi connectivity index (χ1n) is 11.1. The number of hydrogen-bond donors (Lipinski definition) is 3. The number of carbonyl (C=O) groups is 1. The molecule has 1 aromatic heterocycles. The van der Waals surface area contributed by atoms with Crippen molar-refractivity contribution in [3.63, 3.8) is 0 Å². The van der Waals surface area contributed by atoms with Gasteiger partial charge in [0.2, 0.25) is 5.95 Å². The molecule has 0 atom stereocenters. The third kappa shape index (κ3) is 5.78. The molecule has 33 heavy (non-hydrogen) atoms. The van der Waals surface area contributed by atoms with Crippen molar-refractivity contribution >= 4 is 57.6 Å². The number of benzene rings is 2. The van der Waals surface area contributed by atoms with Crippen LogP contribution in [-0.2, 0) is 0 Å². The van der Waals surface area contributed by atoms with E-state index in [0.717, 1.165) is 42.4 Å². The zero-order chi connectivity index (χ0) is 23.4. The highest BCUT2D eigenvalue weighted by atomic mass is 35.5. The second-order valence-corrected chi connectivity index (χ2v) is 9.39. The van der Waals surface area contributed by atoms with Crippen LogP contribution >= 0.6 is 23.2 Å². The lowest BCUT2D eigenvalue weighted by Crippen LogP contribution is -2.36. The van der Waals surface area contributed by atoms with E-state index in [1.165, 1.54) is 0 Å². The lowest BCUT2D eigenvalue weighted by molar-refractivity contribution is 0.246. The lowest BCUT2D eigenvalue weighted by atomic mass is 9.86. The standard InChI is InChI=1S/C24H28Cl2N6O/c1-32(2)22-17-6-3-4-9-20(17)29-23(31-22)28-16-12-10-15(11-13-16)14-27-24(33)30-21-18(25)7-5-8-19(21)26/h3-9,15-16H,10-14H2,1-2H3,(H2,27,30,33)(H,28,29,31)/t15-,16+. The maximum Gasteiger partial charge on any atom is 0.319 e. The first-order valence-corrected chi connectivity index (χ1v) is 11.9. The minimum atomic E-state index is -0.300. The van der Waals surface area contributed by atoms with Crippen LogP contribution in [0.25, 0.3) is 10.9 Å². The largest absolute Gasteiger partial charge is 0.362 e. The molecule has 0 unspecified atom stereocenters. The fourth-order valence-corrected chi connectivity index (χ4v) is 4.66. The molecule has 174 valence electrons. The molecule has 3 N–H and O–H groups in total. The number of nitrogens with one attached hydrogen (secondary N) is 3. The van der Waals surface area contributed by atoms with Gasteiger partial charge in [0, 0.05) is 32.1 Å². The number of amides is 2. The molecule has 2 amide bonds. The van der Waals surface area contributed by atoms with Gasteiger partial charge in [0.05, 0.1) is 21.2 Å². The summed E-state index contributed by atoms with van der Waals surface area (Å²) in [5.41, 5.74) is 1.36. The summed E-state index contributed by atoms with van der Waals surface area (Å²) in [6, 6.07) is 13.2. The fourth-order valence-electron chi connectivity index (χ4n) is 4.17. The molecule has 1 aliphatic carbocycles. The molecule has 1 fully saturated rings. The summed E-state index contributed by atoms with van der Waals surface area (Å²) in [6.07, 6.45) is 4.02. The highest BCUT2D eigenvalue weighted by molar-refractivity contribution is 6.39. The van der Waals surface area contributed by atoms with E-state index in [1.807, 2.05) is 43.3 Å². The van der Waals surface area contributed by atoms with Crippen molar-refractivity contribution in [3.05, 3.63) is 52.5 Å². The zero-order valence-corrected chi connectivity index (χ0v) is 20.2. The van der Waals surface area contributed by atoms with Crippen LogP contribution in [0.15, 0.2) is 42.5 Å². The molecule has 7 nitrogen and oxygen atoms in total. The van der Waals surface area contributed by atoms with Gasteiger partial charge in [0.1, 0.15) is 5.82 Å². The normalized spacial score (nSPS) is 18.1. The summed E-state index contributed by atoms with van der Waals surface area (Å²) in [4.78, 5) is 23.8. The van der Waals surface area contributed by atoms with Crippen molar-refractivity contribution in [2.24, 2.45) is 5.92 Å². The molecule has 1 heterocycles. The van der Waals surface area contributed by atoms with Gasteiger partial charge in [-0.3, -0.25) is 0 Å². The average Bonchev–Trinajstić information content (AvgIpc) is 2.80. The Labute approximate surface area is 203 Å². The first-order chi connectivity index (χ1) is 15.9. The van der Waals surface area contributed by atoms with Gasteiger partial charge in [0.15, 0.2) is 0 Å². The number of para-hydroxylation sites is 2. The molecule has 4 rings (SSSR count).